The first-order chi connectivity index (χ1) is 15.5. The predicted molar refractivity (Wildman–Crippen MR) is 120 cm³/mol. The lowest BCUT2D eigenvalue weighted by atomic mass is 9.94. The number of carbonyl (C=O) groups is 2. The Labute approximate surface area is 190 Å². The third-order valence-electron chi connectivity index (χ3n) is 5.76. The number of hydrogen-bond donors (Lipinski definition) is 1. The number of H-pyrrole nitrogens is 1. The molecule has 8 nitrogen and oxygen atoms in total. The third kappa shape index (κ3) is 4.70. The third-order valence-corrected chi connectivity index (χ3v) is 6.00. The van der Waals surface area contributed by atoms with E-state index in [-0.39, 0.29) is 29.8 Å². The van der Waals surface area contributed by atoms with E-state index in [1.54, 1.807) is 34.1 Å². The van der Waals surface area contributed by atoms with Gasteiger partial charge in [0.1, 0.15) is 12.1 Å². The van der Waals surface area contributed by atoms with Crippen LogP contribution in [0.1, 0.15) is 42.4 Å². The molecule has 0 bridgehead atoms. The molecule has 1 fully saturated rings. The summed E-state index contributed by atoms with van der Waals surface area (Å²) in [4.78, 5) is 49.0. The van der Waals surface area contributed by atoms with Crippen molar-refractivity contribution in [2.24, 2.45) is 5.92 Å². The minimum Gasteiger partial charge on any atom is -0.472 e. The van der Waals surface area contributed by atoms with E-state index in [0.29, 0.717) is 59.8 Å². The van der Waals surface area contributed by atoms with Gasteiger partial charge in [0.15, 0.2) is 0 Å². The number of fused-ring (bicyclic) bond motifs is 1. The summed E-state index contributed by atoms with van der Waals surface area (Å²) in [6.07, 6.45) is 4.89. The smallest absolute Gasteiger partial charge is 0.258 e. The molecule has 0 aliphatic carbocycles. The van der Waals surface area contributed by atoms with Gasteiger partial charge in [-0.2, -0.15) is 0 Å². The average molecular weight is 457 g/mol. The number of hydrogen-bond acceptors (Lipinski definition) is 5. The second-order valence-corrected chi connectivity index (χ2v) is 8.45. The summed E-state index contributed by atoms with van der Waals surface area (Å²) in [6, 6.07) is 6.58. The zero-order valence-electron chi connectivity index (χ0n) is 17.8. The van der Waals surface area contributed by atoms with Crippen LogP contribution in [0, 0.1) is 5.92 Å². The maximum absolute atomic E-state index is 13.3. The van der Waals surface area contributed by atoms with Crippen molar-refractivity contribution in [3.63, 3.8) is 0 Å². The fourth-order valence-corrected chi connectivity index (χ4v) is 4.28. The van der Waals surface area contributed by atoms with Crippen LogP contribution in [-0.4, -0.2) is 51.2 Å². The highest BCUT2D eigenvalue weighted by Crippen LogP contribution is 2.22. The van der Waals surface area contributed by atoms with Crippen molar-refractivity contribution in [3.8, 4) is 0 Å². The first kappa shape index (κ1) is 22.1. The van der Waals surface area contributed by atoms with E-state index in [4.69, 9.17) is 16.0 Å². The number of carbonyl (C=O) groups excluding carboxylic acids is 2. The number of aromatic amines is 1. The molecule has 3 aromatic rings. The van der Waals surface area contributed by atoms with E-state index in [2.05, 4.69) is 9.97 Å². The van der Waals surface area contributed by atoms with Gasteiger partial charge >= 0.3 is 0 Å². The topological polar surface area (TPSA) is 99.5 Å². The molecule has 3 heterocycles. The Morgan fingerprint density at radius 3 is 2.75 bits per heavy atom. The van der Waals surface area contributed by atoms with Gasteiger partial charge in [0.05, 0.1) is 29.3 Å². The molecular formula is C23H25ClN4O4. The molecule has 0 radical (unpaired) electrons. The number of likely N-dealkylation sites (tertiary alicyclic amines) is 1. The van der Waals surface area contributed by atoms with Crippen LogP contribution in [-0.2, 0) is 11.3 Å². The van der Waals surface area contributed by atoms with E-state index in [1.165, 1.54) is 12.5 Å². The van der Waals surface area contributed by atoms with Crippen LogP contribution in [0.3, 0.4) is 0 Å². The second kappa shape index (κ2) is 9.56. The molecule has 2 aromatic heterocycles. The molecule has 9 heteroatoms. The molecule has 1 N–H and O–H groups in total. The van der Waals surface area contributed by atoms with Gasteiger partial charge in [-0.25, -0.2) is 4.98 Å². The first-order valence-electron chi connectivity index (χ1n) is 10.7. The molecule has 0 atom stereocenters. The predicted octanol–water partition coefficient (Wildman–Crippen LogP) is 3.46. The summed E-state index contributed by atoms with van der Waals surface area (Å²) in [5.74, 6) is 0.207. The summed E-state index contributed by atoms with van der Waals surface area (Å²) in [5, 5.41) is 0.959. The van der Waals surface area contributed by atoms with Gasteiger partial charge in [0.2, 0.25) is 5.91 Å². The summed E-state index contributed by atoms with van der Waals surface area (Å²) in [5.41, 5.74) is 0.775. The number of benzene rings is 1. The Balaban J connectivity index is 1.45. The van der Waals surface area contributed by atoms with Crippen molar-refractivity contribution in [3.05, 3.63) is 63.6 Å². The molecule has 2 amide bonds. The van der Waals surface area contributed by atoms with E-state index < -0.39 is 0 Å². The van der Waals surface area contributed by atoms with Crippen LogP contribution in [0.15, 0.2) is 46.0 Å². The Bertz CT molecular complexity index is 1170. The molecule has 32 heavy (non-hydrogen) atoms. The minimum atomic E-state index is -0.253. The Kier molecular flexibility index (Phi) is 6.60. The Hall–Kier alpha value is -3.13. The molecule has 0 spiro atoms. The summed E-state index contributed by atoms with van der Waals surface area (Å²) in [6.45, 7) is 3.82. The van der Waals surface area contributed by atoms with E-state index in [0.717, 1.165) is 6.42 Å². The second-order valence-electron chi connectivity index (χ2n) is 8.01. The molecular weight excluding hydrogens is 432 g/mol. The van der Waals surface area contributed by atoms with Crippen LogP contribution < -0.4 is 5.56 Å². The van der Waals surface area contributed by atoms with Crippen LogP contribution in [0.2, 0.25) is 5.02 Å². The van der Waals surface area contributed by atoms with Crippen LogP contribution >= 0.6 is 11.6 Å². The van der Waals surface area contributed by atoms with E-state index in [9.17, 15) is 14.4 Å². The first-order valence-corrected chi connectivity index (χ1v) is 11.1. The fourth-order valence-electron chi connectivity index (χ4n) is 4.11. The number of amides is 2. The van der Waals surface area contributed by atoms with E-state index in [1.807, 2.05) is 6.92 Å². The van der Waals surface area contributed by atoms with Gasteiger partial charge in [0, 0.05) is 30.6 Å². The van der Waals surface area contributed by atoms with Crippen LogP contribution in [0.5, 0.6) is 0 Å². The lowest BCUT2D eigenvalue weighted by Gasteiger charge is -2.34. The SMILES string of the molecule is CCCN(Cc1nc2cc(Cl)ccc2c(=O)[nH]1)C(=O)C1CCN(C(=O)c2ccoc2)CC1. The summed E-state index contributed by atoms with van der Waals surface area (Å²) in [7, 11) is 0. The largest absolute Gasteiger partial charge is 0.472 e. The van der Waals surface area contributed by atoms with Gasteiger partial charge in [-0.05, 0) is 43.5 Å². The molecule has 0 saturated carbocycles. The van der Waals surface area contributed by atoms with Crippen molar-refractivity contribution in [2.45, 2.75) is 32.7 Å². The van der Waals surface area contributed by atoms with Gasteiger partial charge in [-0.3, -0.25) is 14.4 Å². The summed E-state index contributed by atoms with van der Waals surface area (Å²) >= 11 is 6.05. The van der Waals surface area contributed by atoms with Gasteiger partial charge < -0.3 is 19.2 Å². The van der Waals surface area contributed by atoms with Crippen molar-refractivity contribution >= 4 is 34.3 Å². The molecule has 1 aliphatic heterocycles. The average Bonchev–Trinajstić information content (AvgIpc) is 3.32. The van der Waals surface area contributed by atoms with Gasteiger partial charge in [-0.1, -0.05) is 18.5 Å². The maximum Gasteiger partial charge on any atom is 0.258 e. The highest BCUT2D eigenvalue weighted by atomic mass is 35.5. The standard InChI is InChI=1S/C23H25ClN4O4/c1-2-8-28(13-20-25-19-12-17(24)3-4-18(19)21(29)26-20)22(30)15-5-9-27(10-6-15)23(31)16-7-11-32-14-16/h3-4,7,11-12,14-15H,2,5-6,8-10,13H2,1H3,(H,25,26,29). The zero-order valence-corrected chi connectivity index (χ0v) is 18.6. The number of halogens is 1. The highest BCUT2D eigenvalue weighted by molar-refractivity contribution is 6.31. The van der Waals surface area contributed by atoms with E-state index >= 15 is 0 Å². The van der Waals surface area contributed by atoms with Crippen LogP contribution in [0.4, 0.5) is 0 Å². The quantitative estimate of drug-likeness (QED) is 0.612. The highest BCUT2D eigenvalue weighted by Gasteiger charge is 2.31. The number of furan rings is 1. The summed E-state index contributed by atoms with van der Waals surface area (Å²) < 4.78 is 5.00. The Morgan fingerprint density at radius 2 is 2.06 bits per heavy atom. The molecule has 4 rings (SSSR count). The molecule has 1 saturated heterocycles. The molecule has 1 aliphatic rings. The van der Waals surface area contributed by atoms with Crippen molar-refractivity contribution < 1.29 is 14.0 Å². The minimum absolute atomic E-state index is 0.0242. The normalized spacial score (nSPS) is 14.6. The monoisotopic (exact) mass is 456 g/mol. The lowest BCUT2D eigenvalue weighted by molar-refractivity contribution is -0.137. The number of nitrogens with zero attached hydrogens (tertiary/aromatic N) is 3. The van der Waals surface area contributed by atoms with Crippen molar-refractivity contribution in [1.29, 1.82) is 0 Å². The number of piperidine rings is 1. The fraction of sp³-hybridized carbons (Fsp3) is 0.391. The molecule has 1 aromatic carbocycles. The van der Waals surface area contributed by atoms with Crippen molar-refractivity contribution in [1.82, 2.24) is 19.8 Å². The van der Waals surface area contributed by atoms with Gasteiger partial charge in [-0.15, -0.1) is 0 Å². The zero-order chi connectivity index (χ0) is 22.7. The number of rotatable bonds is 6. The maximum atomic E-state index is 13.3. The number of nitrogens with one attached hydrogen (secondary N) is 1. The lowest BCUT2D eigenvalue weighted by Crippen LogP contribution is -2.44. The Morgan fingerprint density at radius 1 is 1.28 bits per heavy atom. The van der Waals surface area contributed by atoms with Crippen molar-refractivity contribution in [2.75, 3.05) is 19.6 Å². The van der Waals surface area contributed by atoms with Crippen LogP contribution in [0.25, 0.3) is 10.9 Å². The molecule has 168 valence electrons. The van der Waals surface area contributed by atoms with Gasteiger partial charge in [0.25, 0.3) is 11.5 Å². The number of aromatic nitrogens is 2. The molecule has 0 unspecified atom stereocenters.